The zero-order valence-corrected chi connectivity index (χ0v) is 6.69. The standard InChI is InChI=1S/C5H12N2O2S/c1-2-3-4(5(6)7)10(8)9/h5H,2-3,6-7H2,1H3. The molecular weight excluding hydrogens is 152 g/mol. The summed E-state index contributed by atoms with van der Waals surface area (Å²) in [5, 5.41) is 0. The van der Waals surface area contributed by atoms with Crippen molar-refractivity contribution in [3.05, 3.63) is 0 Å². The SMILES string of the molecule is CCCC(C(N)N)=S(=O)=O. The zero-order valence-electron chi connectivity index (χ0n) is 5.87. The largest absolute Gasteiger partial charge is 0.312 e. The highest BCUT2D eigenvalue weighted by molar-refractivity contribution is 7.73. The maximum Gasteiger partial charge on any atom is 0.216 e. The van der Waals surface area contributed by atoms with Crippen LogP contribution in [0.3, 0.4) is 0 Å². The lowest BCUT2D eigenvalue weighted by Crippen LogP contribution is -2.39. The number of nitrogens with two attached hydrogens (primary N) is 2. The summed E-state index contributed by atoms with van der Waals surface area (Å²) in [5.74, 6) is 0. The molecule has 0 fully saturated rings. The van der Waals surface area contributed by atoms with Crippen LogP contribution in [0.25, 0.3) is 0 Å². The monoisotopic (exact) mass is 164 g/mol. The first-order valence-electron chi connectivity index (χ1n) is 3.05. The fraction of sp³-hybridized carbons (Fsp3) is 0.800. The van der Waals surface area contributed by atoms with Crippen molar-refractivity contribution in [1.82, 2.24) is 0 Å². The molecule has 4 nitrogen and oxygen atoms in total. The van der Waals surface area contributed by atoms with Crippen LogP contribution in [-0.4, -0.2) is 19.4 Å². The van der Waals surface area contributed by atoms with Gasteiger partial charge in [-0.2, -0.15) is 8.42 Å². The van der Waals surface area contributed by atoms with E-state index in [1.165, 1.54) is 0 Å². The van der Waals surface area contributed by atoms with E-state index in [0.717, 1.165) is 6.42 Å². The van der Waals surface area contributed by atoms with Crippen LogP contribution >= 0.6 is 0 Å². The summed E-state index contributed by atoms with van der Waals surface area (Å²) in [6.07, 6.45) is 0.361. The second-order valence-electron chi connectivity index (χ2n) is 1.98. The second kappa shape index (κ2) is 4.43. The molecule has 0 radical (unpaired) electrons. The van der Waals surface area contributed by atoms with Crippen LogP contribution in [0.4, 0.5) is 0 Å². The van der Waals surface area contributed by atoms with Gasteiger partial charge in [0.05, 0.1) is 11.0 Å². The van der Waals surface area contributed by atoms with Crippen molar-refractivity contribution in [3.63, 3.8) is 0 Å². The Hall–Kier alpha value is -0.390. The zero-order chi connectivity index (χ0) is 8.15. The molecule has 4 N–H and O–H groups in total. The minimum absolute atomic E-state index is 0.197. The van der Waals surface area contributed by atoms with Crippen molar-refractivity contribution >= 4 is 15.2 Å². The Morgan fingerprint density at radius 1 is 1.50 bits per heavy atom. The van der Waals surface area contributed by atoms with Crippen molar-refractivity contribution in [2.75, 3.05) is 0 Å². The smallest absolute Gasteiger partial charge is 0.216 e. The van der Waals surface area contributed by atoms with Crippen LogP contribution in [0.1, 0.15) is 19.8 Å². The summed E-state index contributed by atoms with van der Waals surface area (Å²) in [6, 6.07) is 0. The molecule has 0 bridgehead atoms. The van der Waals surface area contributed by atoms with Gasteiger partial charge in [-0.1, -0.05) is 13.3 Å². The molecule has 0 saturated carbocycles. The fourth-order valence-corrected chi connectivity index (χ4v) is 1.20. The van der Waals surface area contributed by atoms with Crippen LogP contribution < -0.4 is 11.5 Å². The van der Waals surface area contributed by atoms with E-state index in [4.69, 9.17) is 11.5 Å². The molecule has 10 heavy (non-hydrogen) atoms. The Morgan fingerprint density at radius 3 is 2.10 bits per heavy atom. The van der Waals surface area contributed by atoms with Gasteiger partial charge >= 0.3 is 0 Å². The van der Waals surface area contributed by atoms with Gasteiger partial charge in [0, 0.05) is 0 Å². The first-order valence-corrected chi connectivity index (χ1v) is 4.13. The molecule has 0 aliphatic rings. The molecule has 0 aromatic rings. The van der Waals surface area contributed by atoms with E-state index in [2.05, 4.69) is 0 Å². The van der Waals surface area contributed by atoms with Gasteiger partial charge in [0.15, 0.2) is 0 Å². The molecule has 60 valence electrons. The third-order valence-electron chi connectivity index (χ3n) is 1.08. The third-order valence-corrected chi connectivity index (χ3v) is 1.99. The van der Waals surface area contributed by atoms with Gasteiger partial charge in [0.25, 0.3) is 0 Å². The van der Waals surface area contributed by atoms with Gasteiger partial charge in [-0.3, -0.25) is 0 Å². The maximum absolute atomic E-state index is 10.3. The summed E-state index contributed by atoms with van der Waals surface area (Å²) in [5.41, 5.74) is 10.3. The van der Waals surface area contributed by atoms with Gasteiger partial charge in [0.2, 0.25) is 10.3 Å². The lowest BCUT2D eigenvalue weighted by molar-refractivity contribution is 0.625. The summed E-state index contributed by atoms with van der Waals surface area (Å²) < 4.78 is 20.7. The molecule has 0 atom stereocenters. The van der Waals surface area contributed by atoms with E-state index in [-0.39, 0.29) is 4.86 Å². The first kappa shape index (κ1) is 9.61. The molecule has 0 heterocycles. The normalized spacial score (nSPS) is 10.0. The van der Waals surface area contributed by atoms with Crippen molar-refractivity contribution in [2.24, 2.45) is 11.5 Å². The first-order chi connectivity index (χ1) is 4.59. The summed E-state index contributed by atoms with van der Waals surface area (Å²) in [4.78, 5) is 0.197. The fourth-order valence-electron chi connectivity index (χ4n) is 0.608. The highest BCUT2D eigenvalue weighted by Crippen LogP contribution is 1.90. The lowest BCUT2D eigenvalue weighted by Gasteiger charge is -2.02. The average Bonchev–Trinajstić information content (AvgIpc) is 1.81. The van der Waals surface area contributed by atoms with Gasteiger partial charge in [-0.15, -0.1) is 0 Å². The Bertz CT molecular complexity index is 210. The van der Waals surface area contributed by atoms with Gasteiger partial charge in [-0.05, 0) is 6.42 Å². The minimum Gasteiger partial charge on any atom is -0.312 e. The van der Waals surface area contributed by atoms with E-state index in [9.17, 15) is 8.42 Å². The molecule has 0 amide bonds. The Morgan fingerprint density at radius 2 is 2.00 bits per heavy atom. The second-order valence-corrected chi connectivity index (χ2v) is 2.97. The van der Waals surface area contributed by atoms with Crippen LogP contribution in [0.5, 0.6) is 0 Å². The van der Waals surface area contributed by atoms with Crippen molar-refractivity contribution < 1.29 is 8.42 Å². The van der Waals surface area contributed by atoms with Crippen LogP contribution in [-0.2, 0) is 10.3 Å². The molecule has 0 aromatic heterocycles. The summed E-state index contributed by atoms with van der Waals surface area (Å²) >= 11 is 0. The Balaban J connectivity index is 4.46. The minimum atomic E-state index is -2.22. The molecule has 0 aliphatic heterocycles. The van der Waals surface area contributed by atoms with Crippen molar-refractivity contribution in [2.45, 2.75) is 25.9 Å². The van der Waals surface area contributed by atoms with E-state index in [0.29, 0.717) is 6.42 Å². The number of hydrogen-bond donors (Lipinski definition) is 2. The van der Waals surface area contributed by atoms with E-state index in [1.807, 2.05) is 6.92 Å². The molecule has 0 aliphatic carbocycles. The molecule has 0 unspecified atom stereocenters. The topological polar surface area (TPSA) is 86.2 Å². The highest BCUT2D eigenvalue weighted by Gasteiger charge is 2.05. The predicted molar refractivity (Wildman–Crippen MR) is 41.0 cm³/mol. The lowest BCUT2D eigenvalue weighted by atomic mass is 10.2. The van der Waals surface area contributed by atoms with E-state index >= 15 is 0 Å². The molecule has 0 spiro atoms. The van der Waals surface area contributed by atoms with Crippen LogP contribution in [0.2, 0.25) is 0 Å². The molecule has 0 aromatic carbocycles. The summed E-state index contributed by atoms with van der Waals surface area (Å²) in [6.45, 7) is 1.87. The molecular formula is C5H12N2O2S. The average molecular weight is 164 g/mol. The maximum atomic E-state index is 10.3. The van der Waals surface area contributed by atoms with Crippen molar-refractivity contribution in [1.29, 1.82) is 0 Å². The van der Waals surface area contributed by atoms with Gasteiger partial charge < -0.3 is 11.5 Å². The predicted octanol–water partition coefficient (Wildman–Crippen LogP) is -0.918. The highest BCUT2D eigenvalue weighted by atomic mass is 32.2. The van der Waals surface area contributed by atoms with Gasteiger partial charge in [-0.25, -0.2) is 0 Å². The quantitative estimate of drug-likeness (QED) is 0.417. The Kier molecular flexibility index (Phi) is 4.26. The van der Waals surface area contributed by atoms with E-state index < -0.39 is 16.5 Å². The Labute approximate surface area is 61.7 Å². The summed E-state index contributed by atoms with van der Waals surface area (Å²) in [7, 11) is -2.22. The molecule has 0 saturated heterocycles. The number of rotatable bonds is 3. The molecule has 0 rings (SSSR count). The number of hydrogen-bond acceptors (Lipinski definition) is 4. The van der Waals surface area contributed by atoms with Crippen molar-refractivity contribution in [3.8, 4) is 0 Å². The third kappa shape index (κ3) is 2.95. The van der Waals surface area contributed by atoms with E-state index in [1.54, 1.807) is 0 Å². The molecule has 5 heteroatoms. The van der Waals surface area contributed by atoms with Crippen LogP contribution in [0, 0.1) is 0 Å². The van der Waals surface area contributed by atoms with Crippen LogP contribution in [0.15, 0.2) is 0 Å². The van der Waals surface area contributed by atoms with Gasteiger partial charge in [0.1, 0.15) is 0 Å².